The lowest BCUT2D eigenvalue weighted by molar-refractivity contribution is -0.00112. The number of carbonyl (C=O) groups is 1. The van der Waals surface area contributed by atoms with Gasteiger partial charge in [-0.05, 0) is 20.8 Å². The van der Waals surface area contributed by atoms with Crippen molar-refractivity contribution in [2.45, 2.75) is 32.8 Å². The normalized spacial score (nSPS) is 16.8. The SMILES string of the molecule is CC(C)(C)OC(=O)N1CC(Cc2ncc[nH]2)C1. The number of nitrogens with zero attached hydrogens (tertiary/aromatic N) is 2. The Morgan fingerprint density at radius 2 is 2.29 bits per heavy atom. The van der Waals surface area contributed by atoms with Gasteiger partial charge in [0.1, 0.15) is 11.4 Å². The first kappa shape index (κ1) is 12.0. The van der Waals surface area contributed by atoms with E-state index in [1.165, 1.54) is 0 Å². The van der Waals surface area contributed by atoms with E-state index >= 15 is 0 Å². The van der Waals surface area contributed by atoms with Gasteiger partial charge in [0.05, 0.1) is 0 Å². The van der Waals surface area contributed by atoms with Crippen LogP contribution in [0.4, 0.5) is 4.79 Å². The van der Waals surface area contributed by atoms with E-state index < -0.39 is 5.60 Å². The van der Waals surface area contributed by atoms with Crippen LogP contribution >= 0.6 is 0 Å². The molecule has 2 rings (SSSR count). The maximum absolute atomic E-state index is 11.7. The standard InChI is InChI=1S/C12H19N3O2/c1-12(2,3)17-11(16)15-7-9(8-15)6-10-13-4-5-14-10/h4-5,9H,6-8H2,1-3H3,(H,13,14). The molecular formula is C12H19N3O2. The Kier molecular flexibility index (Phi) is 3.09. The average Bonchev–Trinajstić information content (AvgIpc) is 2.59. The molecule has 1 aromatic rings. The molecule has 1 aliphatic rings. The van der Waals surface area contributed by atoms with Crippen molar-refractivity contribution < 1.29 is 9.53 Å². The lowest BCUT2D eigenvalue weighted by Crippen LogP contribution is -2.52. The number of nitrogens with one attached hydrogen (secondary N) is 1. The highest BCUT2D eigenvalue weighted by Gasteiger charge is 2.33. The molecule has 17 heavy (non-hydrogen) atoms. The number of aromatic nitrogens is 2. The molecule has 0 spiro atoms. The summed E-state index contributed by atoms with van der Waals surface area (Å²) < 4.78 is 5.29. The van der Waals surface area contributed by atoms with Crippen LogP contribution in [0.15, 0.2) is 12.4 Å². The summed E-state index contributed by atoms with van der Waals surface area (Å²) in [6.45, 7) is 7.16. The van der Waals surface area contributed by atoms with Crippen LogP contribution in [0.3, 0.4) is 0 Å². The summed E-state index contributed by atoms with van der Waals surface area (Å²) in [6, 6.07) is 0. The maximum atomic E-state index is 11.7. The zero-order valence-electron chi connectivity index (χ0n) is 10.6. The predicted molar refractivity (Wildman–Crippen MR) is 63.6 cm³/mol. The van der Waals surface area contributed by atoms with Crippen molar-refractivity contribution in [1.29, 1.82) is 0 Å². The van der Waals surface area contributed by atoms with Crippen molar-refractivity contribution in [3.63, 3.8) is 0 Å². The Morgan fingerprint density at radius 3 is 2.82 bits per heavy atom. The second kappa shape index (κ2) is 4.39. The summed E-state index contributed by atoms with van der Waals surface area (Å²) in [4.78, 5) is 20.7. The lowest BCUT2D eigenvalue weighted by Gasteiger charge is -2.39. The molecule has 0 aliphatic carbocycles. The summed E-state index contributed by atoms with van der Waals surface area (Å²) >= 11 is 0. The molecule has 0 atom stereocenters. The van der Waals surface area contributed by atoms with Gasteiger partial charge in [0, 0.05) is 37.8 Å². The Balaban J connectivity index is 1.73. The summed E-state index contributed by atoms with van der Waals surface area (Å²) in [5.74, 6) is 1.48. The number of ether oxygens (including phenoxy) is 1. The first-order chi connectivity index (χ1) is 7.94. The van der Waals surface area contributed by atoms with Crippen LogP contribution in [0, 0.1) is 5.92 Å². The number of hydrogen-bond acceptors (Lipinski definition) is 3. The van der Waals surface area contributed by atoms with E-state index in [9.17, 15) is 4.79 Å². The van der Waals surface area contributed by atoms with Gasteiger partial charge in [0.25, 0.3) is 0 Å². The fourth-order valence-corrected chi connectivity index (χ4v) is 1.86. The quantitative estimate of drug-likeness (QED) is 0.853. The second-order valence-corrected chi connectivity index (χ2v) is 5.49. The van der Waals surface area contributed by atoms with Crippen LogP contribution in [0.1, 0.15) is 26.6 Å². The van der Waals surface area contributed by atoms with Gasteiger partial charge in [-0.2, -0.15) is 0 Å². The molecule has 0 saturated carbocycles. The molecule has 0 aromatic carbocycles. The molecule has 0 unspecified atom stereocenters. The Morgan fingerprint density at radius 1 is 1.59 bits per heavy atom. The number of imidazole rings is 1. The number of rotatable bonds is 2. The van der Waals surface area contributed by atoms with Crippen molar-refractivity contribution in [2.75, 3.05) is 13.1 Å². The third-order valence-electron chi connectivity index (χ3n) is 2.65. The molecule has 0 radical (unpaired) electrons. The number of aromatic amines is 1. The average molecular weight is 237 g/mol. The van der Waals surface area contributed by atoms with Crippen molar-refractivity contribution in [3.05, 3.63) is 18.2 Å². The van der Waals surface area contributed by atoms with E-state index in [0.29, 0.717) is 5.92 Å². The van der Waals surface area contributed by atoms with Crippen LogP contribution in [-0.2, 0) is 11.2 Å². The van der Waals surface area contributed by atoms with Crippen molar-refractivity contribution in [2.24, 2.45) is 5.92 Å². The number of amides is 1. The molecule has 5 nitrogen and oxygen atoms in total. The maximum Gasteiger partial charge on any atom is 0.410 e. The van der Waals surface area contributed by atoms with Gasteiger partial charge in [-0.3, -0.25) is 0 Å². The third kappa shape index (κ3) is 3.22. The van der Waals surface area contributed by atoms with Crippen LogP contribution in [0.25, 0.3) is 0 Å². The fourth-order valence-electron chi connectivity index (χ4n) is 1.86. The van der Waals surface area contributed by atoms with Gasteiger partial charge in [-0.15, -0.1) is 0 Å². The van der Waals surface area contributed by atoms with E-state index in [0.717, 1.165) is 25.3 Å². The molecule has 1 N–H and O–H groups in total. The third-order valence-corrected chi connectivity index (χ3v) is 2.65. The van der Waals surface area contributed by atoms with Crippen molar-refractivity contribution >= 4 is 6.09 Å². The summed E-state index contributed by atoms with van der Waals surface area (Å²) in [7, 11) is 0. The van der Waals surface area contributed by atoms with E-state index in [-0.39, 0.29) is 6.09 Å². The van der Waals surface area contributed by atoms with Gasteiger partial charge in [0.15, 0.2) is 0 Å². The number of H-pyrrole nitrogens is 1. The monoisotopic (exact) mass is 237 g/mol. The number of likely N-dealkylation sites (tertiary alicyclic amines) is 1. The molecular weight excluding hydrogens is 218 g/mol. The van der Waals surface area contributed by atoms with Crippen LogP contribution in [-0.4, -0.2) is 39.7 Å². The highest BCUT2D eigenvalue weighted by Crippen LogP contribution is 2.21. The largest absolute Gasteiger partial charge is 0.444 e. The zero-order valence-corrected chi connectivity index (χ0v) is 10.6. The molecule has 1 aromatic heterocycles. The first-order valence-corrected chi connectivity index (χ1v) is 5.90. The summed E-state index contributed by atoms with van der Waals surface area (Å²) in [5.41, 5.74) is -0.414. The topological polar surface area (TPSA) is 58.2 Å². The highest BCUT2D eigenvalue weighted by atomic mass is 16.6. The van der Waals surface area contributed by atoms with Gasteiger partial charge >= 0.3 is 6.09 Å². The lowest BCUT2D eigenvalue weighted by atomic mass is 9.97. The van der Waals surface area contributed by atoms with Crippen LogP contribution < -0.4 is 0 Å². The molecule has 0 bridgehead atoms. The van der Waals surface area contributed by atoms with Gasteiger partial charge in [-0.25, -0.2) is 9.78 Å². The van der Waals surface area contributed by atoms with Gasteiger partial charge in [-0.1, -0.05) is 0 Å². The highest BCUT2D eigenvalue weighted by molar-refractivity contribution is 5.69. The smallest absolute Gasteiger partial charge is 0.410 e. The van der Waals surface area contributed by atoms with Crippen LogP contribution in [0.2, 0.25) is 0 Å². The van der Waals surface area contributed by atoms with Crippen molar-refractivity contribution in [1.82, 2.24) is 14.9 Å². The van der Waals surface area contributed by atoms with Crippen molar-refractivity contribution in [3.8, 4) is 0 Å². The van der Waals surface area contributed by atoms with Gasteiger partial charge < -0.3 is 14.6 Å². The Labute approximate surface area is 101 Å². The minimum atomic E-state index is -0.414. The number of carbonyl (C=O) groups excluding carboxylic acids is 1. The van der Waals surface area contributed by atoms with E-state index in [1.54, 1.807) is 11.1 Å². The zero-order chi connectivity index (χ0) is 12.5. The predicted octanol–water partition coefficient (Wildman–Crippen LogP) is 1.82. The Hall–Kier alpha value is -1.52. The van der Waals surface area contributed by atoms with E-state index in [4.69, 9.17) is 4.74 Å². The molecule has 1 fully saturated rings. The number of hydrogen-bond donors (Lipinski definition) is 1. The summed E-state index contributed by atoms with van der Waals surface area (Å²) in [6.07, 6.45) is 4.25. The fraction of sp³-hybridized carbons (Fsp3) is 0.667. The van der Waals surface area contributed by atoms with Gasteiger partial charge in [0.2, 0.25) is 0 Å². The first-order valence-electron chi connectivity index (χ1n) is 5.90. The second-order valence-electron chi connectivity index (χ2n) is 5.49. The van der Waals surface area contributed by atoms with E-state index in [2.05, 4.69) is 9.97 Å². The molecule has 1 amide bonds. The Bertz CT molecular complexity index is 375. The minimum absolute atomic E-state index is 0.215. The molecule has 1 aliphatic heterocycles. The molecule has 1 saturated heterocycles. The minimum Gasteiger partial charge on any atom is -0.444 e. The van der Waals surface area contributed by atoms with Crippen LogP contribution in [0.5, 0.6) is 0 Å². The molecule has 94 valence electrons. The summed E-state index contributed by atoms with van der Waals surface area (Å²) in [5, 5.41) is 0. The van der Waals surface area contributed by atoms with E-state index in [1.807, 2.05) is 27.0 Å². The molecule has 5 heteroatoms. The molecule has 2 heterocycles.